The van der Waals surface area contributed by atoms with Crippen molar-refractivity contribution in [2.24, 2.45) is 5.41 Å². The first-order valence-corrected chi connectivity index (χ1v) is 9.76. The molecule has 2 heteroatoms. The van der Waals surface area contributed by atoms with Crippen LogP contribution in [0.15, 0.2) is 0 Å². The van der Waals surface area contributed by atoms with Crippen molar-refractivity contribution >= 4 is 5.78 Å². The molecule has 2 nitrogen and oxygen atoms in total. The Bertz CT molecular complexity index is 279. The highest BCUT2D eigenvalue weighted by molar-refractivity contribution is 5.75. The molecule has 0 bridgehead atoms. The van der Waals surface area contributed by atoms with Crippen molar-refractivity contribution in [1.82, 2.24) is 0 Å². The number of hydrogen-bond acceptors (Lipinski definition) is 2. The van der Waals surface area contributed by atoms with E-state index in [0.717, 1.165) is 38.9 Å². The third-order valence-corrected chi connectivity index (χ3v) is 5.29. The summed E-state index contributed by atoms with van der Waals surface area (Å²) in [5.74, 6) is 0.311. The van der Waals surface area contributed by atoms with Crippen LogP contribution < -0.4 is 0 Å². The van der Waals surface area contributed by atoms with Crippen molar-refractivity contribution in [3.05, 3.63) is 0 Å². The highest BCUT2D eigenvalue weighted by atomic mass is 16.5. The van der Waals surface area contributed by atoms with Crippen molar-refractivity contribution in [3.8, 4) is 0 Å². The standard InChI is InChI=1S/C20H38O2/c1-3-4-13-20(14-8-6-9-15-20)16-11-18-22-17-10-5-7-12-19(2)21/h3-18H2,1-2H3. The molecule has 1 rings (SSSR count). The second kappa shape index (κ2) is 12.1. The fourth-order valence-electron chi connectivity index (χ4n) is 3.88. The monoisotopic (exact) mass is 310 g/mol. The van der Waals surface area contributed by atoms with E-state index in [1.165, 1.54) is 64.2 Å². The van der Waals surface area contributed by atoms with Crippen molar-refractivity contribution in [2.45, 2.75) is 104 Å². The number of Topliss-reactive ketones (excluding diaryl/α,β-unsaturated/α-hetero) is 1. The molecule has 0 aromatic rings. The summed E-state index contributed by atoms with van der Waals surface area (Å²) < 4.78 is 5.80. The minimum Gasteiger partial charge on any atom is -0.381 e. The molecule has 0 saturated heterocycles. The SMILES string of the molecule is CCCCC1(CCCOCCCCCC(C)=O)CCCCC1. The predicted octanol–water partition coefficient (Wildman–Crippen LogP) is 6.07. The van der Waals surface area contributed by atoms with Crippen LogP contribution in [0.3, 0.4) is 0 Å². The molecule has 0 atom stereocenters. The molecule has 1 fully saturated rings. The number of ether oxygens (including phenoxy) is 1. The van der Waals surface area contributed by atoms with Gasteiger partial charge in [-0.3, -0.25) is 0 Å². The Morgan fingerprint density at radius 1 is 0.909 bits per heavy atom. The van der Waals surface area contributed by atoms with E-state index in [9.17, 15) is 4.79 Å². The molecule has 1 saturated carbocycles. The quantitative estimate of drug-likeness (QED) is 0.386. The van der Waals surface area contributed by atoms with Gasteiger partial charge in [-0.2, -0.15) is 0 Å². The fourth-order valence-corrected chi connectivity index (χ4v) is 3.88. The third kappa shape index (κ3) is 8.92. The molecule has 1 aliphatic carbocycles. The molecule has 0 amide bonds. The molecule has 0 aromatic heterocycles. The van der Waals surface area contributed by atoms with Gasteiger partial charge in [-0.25, -0.2) is 0 Å². The molecule has 0 heterocycles. The van der Waals surface area contributed by atoms with Gasteiger partial charge in [0.05, 0.1) is 0 Å². The van der Waals surface area contributed by atoms with Crippen LogP contribution >= 0.6 is 0 Å². The molecule has 1 aliphatic rings. The summed E-state index contributed by atoms with van der Waals surface area (Å²) in [5, 5.41) is 0. The van der Waals surface area contributed by atoms with Crippen LogP contribution in [0.25, 0.3) is 0 Å². The van der Waals surface area contributed by atoms with Gasteiger partial charge in [0.15, 0.2) is 0 Å². The smallest absolute Gasteiger partial charge is 0.129 e. The molecule has 0 unspecified atom stereocenters. The van der Waals surface area contributed by atoms with Gasteiger partial charge in [0, 0.05) is 19.6 Å². The number of carbonyl (C=O) groups excluding carboxylic acids is 1. The minimum absolute atomic E-state index is 0.311. The van der Waals surface area contributed by atoms with Gasteiger partial charge in [0.2, 0.25) is 0 Å². The lowest BCUT2D eigenvalue weighted by molar-refractivity contribution is -0.117. The van der Waals surface area contributed by atoms with Crippen LogP contribution in [0.2, 0.25) is 0 Å². The van der Waals surface area contributed by atoms with E-state index in [2.05, 4.69) is 6.92 Å². The molecule has 22 heavy (non-hydrogen) atoms. The van der Waals surface area contributed by atoms with E-state index in [1.807, 2.05) is 0 Å². The summed E-state index contributed by atoms with van der Waals surface area (Å²) in [6.07, 6.45) is 18.0. The molecule has 0 N–H and O–H groups in total. The van der Waals surface area contributed by atoms with Gasteiger partial charge in [0.1, 0.15) is 5.78 Å². The maximum atomic E-state index is 10.8. The number of unbranched alkanes of at least 4 members (excludes halogenated alkanes) is 3. The number of hydrogen-bond donors (Lipinski definition) is 0. The Morgan fingerprint density at radius 2 is 1.59 bits per heavy atom. The average Bonchev–Trinajstić information content (AvgIpc) is 2.52. The summed E-state index contributed by atoms with van der Waals surface area (Å²) in [4.78, 5) is 10.8. The minimum atomic E-state index is 0.311. The Morgan fingerprint density at radius 3 is 2.27 bits per heavy atom. The Labute approximate surface area is 138 Å². The molecule has 0 aromatic carbocycles. The predicted molar refractivity (Wildman–Crippen MR) is 94.2 cm³/mol. The average molecular weight is 311 g/mol. The summed E-state index contributed by atoms with van der Waals surface area (Å²) >= 11 is 0. The second-order valence-electron chi connectivity index (χ2n) is 7.39. The van der Waals surface area contributed by atoms with Gasteiger partial charge in [-0.05, 0) is 57.3 Å². The normalized spacial score (nSPS) is 17.5. The molecule has 0 aliphatic heterocycles. The largest absolute Gasteiger partial charge is 0.381 e. The molecular weight excluding hydrogens is 272 g/mol. The van der Waals surface area contributed by atoms with E-state index in [-0.39, 0.29) is 0 Å². The first kappa shape index (κ1) is 19.7. The zero-order valence-electron chi connectivity index (χ0n) is 15.1. The maximum Gasteiger partial charge on any atom is 0.129 e. The third-order valence-electron chi connectivity index (χ3n) is 5.29. The summed E-state index contributed by atoms with van der Waals surface area (Å²) in [7, 11) is 0. The van der Waals surface area contributed by atoms with Crippen LogP contribution in [0, 0.1) is 5.41 Å². The maximum absolute atomic E-state index is 10.8. The lowest BCUT2D eigenvalue weighted by atomic mass is 9.68. The van der Waals surface area contributed by atoms with Crippen LogP contribution in [-0.2, 0) is 9.53 Å². The van der Waals surface area contributed by atoms with E-state index in [0.29, 0.717) is 11.2 Å². The zero-order chi connectivity index (χ0) is 16.1. The Kier molecular flexibility index (Phi) is 10.8. The van der Waals surface area contributed by atoms with E-state index >= 15 is 0 Å². The highest BCUT2D eigenvalue weighted by Gasteiger charge is 2.30. The number of carbonyl (C=O) groups is 1. The fraction of sp³-hybridized carbons (Fsp3) is 0.950. The Balaban J connectivity index is 2.04. The van der Waals surface area contributed by atoms with Gasteiger partial charge in [-0.1, -0.05) is 45.4 Å². The van der Waals surface area contributed by atoms with Crippen molar-refractivity contribution in [3.63, 3.8) is 0 Å². The molecule has 130 valence electrons. The van der Waals surface area contributed by atoms with Crippen LogP contribution in [-0.4, -0.2) is 19.0 Å². The van der Waals surface area contributed by atoms with Crippen LogP contribution in [0.4, 0.5) is 0 Å². The topological polar surface area (TPSA) is 26.3 Å². The number of ketones is 1. The van der Waals surface area contributed by atoms with Gasteiger partial charge in [-0.15, -0.1) is 0 Å². The first-order valence-electron chi connectivity index (χ1n) is 9.76. The summed E-state index contributed by atoms with van der Waals surface area (Å²) in [5.41, 5.74) is 0.652. The van der Waals surface area contributed by atoms with Crippen molar-refractivity contribution in [1.29, 1.82) is 0 Å². The summed E-state index contributed by atoms with van der Waals surface area (Å²) in [6, 6.07) is 0. The zero-order valence-corrected chi connectivity index (χ0v) is 15.1. The first-order chi connectivity index (χ1) is 10.7. The van der Waals surface area contributed by atoms with Gasteiger partial charge < -0.3 is 9.53 Å². The second-order valence-corrected chi connectivity index (χ2v) is 7.39. The summed E-state index contributed by atoms with van der Waals surface area (Å²) in [6.45, 7) is 5.79. The lowest BCUT2D eigenvalue weighted by Gasteiger charge is -2.37. The van der Waals surface area contributed by atoms with Crippen LogP contribution in [0.1, 0.15) is 104 Å². The van der Waals surface area contributed by atoms with Crippen LogP contribution in [0.5, 0.6) is 0 Å². The lowest BCUT2D eigenvalue weighted by Crippen LogP contribution is -2.24. The molecular formula is C20H38O2. The number of rotatable bonds is 13. The van der Waals surface area contributed by atoms with E-state index in [1.54, 1.807) is 6.92 Å². The molecule has 0 radical (unpaired) electrons. The van der Waals surface area contributed by atoms with E-state index < -0.39 is 0 Å². The van der Waals surface area contributed by atoms with E-state index in [4.69, 9.17) is 4.74 Å². The Hall–Kier alpha value is -0.370. The van der Waals surface area contributed by atoms with Gasteiger partial charge in [0.25, 0.3) is 0 Å². The van der Waals surface area contributed by atoms with Crippen molar-refractivity contribution < 1.29 is 9.53 Å². The highest BCUT2D eigenvalue weighted by Crippen LogP contribution is 2.44. The molecule has 0 spiro atoms. The van der Waals surface area contributed by atoms with Gasteiger partial charge >= 0.3 is 0 Å². The van der Waals surface area contributed by atoms with Crippen molar-refractivity contribution in [2.75, 3.05) is 13.2 Å².